The van der Waals surface area contributed by atoms with Crippen molar-refractivity contribution < 1.29 is 9.90 Å². The second-order valence-corrected chi connectivity index (χ2v) is 4.85. The lowest BCUT2D eigenvalue weighted by molar-refractivity contribution is 0.0690. The van der Waals surface area contributed by atoms with Gasteiger partial charge in [-0.15, -0.1) is 0 Å². The van der Waals surface area contributed by atoms with E-state index in [9.17, 15) is 4.79 Å². The number of rotatable bonds is 3. The molecule has 6 heteroatoms. The summed E-state index contributed by atoms with van der Waals surface area (Å²) in [5, 5.41) is 12.1. The molecular weight excluding hydrogens is 232 g/mol. The lowest BCUT2D eigenvalue weighted by Crippen LogP contribution is -2.43. The molecule has 0 radical (unpaired) electrons. The van der Waals surface area contributed by atoms with Crippen LogP contribution in [0, 0.1) is 5.92 Å². The van der Waals surface area contributed by atoms with Gasteiger partial charge >= 0.3 is 5.97 Å². The fraction of sp³-hybridized carbons (Fsp3) is 0.583. The van der Waals surface area contributed by atoms with E-state index in [0.29, 0.717) is 17.9 Å². The highest BCUT2D eigenvalue weighted by Gasteiger charge is 2.24. The van der Waals surface area contributed by atoms with Gasteiger partial charge < -0.3 is 15.3 Å². The van der Waals surface area contributed by atoms with Gasteiger partial charge in [0.1, 0.15) is 0 Å². The largest absolute Gasteiger partial charge is 0.477 e. The molecule has 0 amide bonds. The van der Waals surface area contributed by atoms with Crippen LogP contribution in [0.2, 0.25) is 0 Å². The van der Waals surface area contributed by atoms with Crippen molar-refractivity contribution in [1.29, 1.82) is 0 Å². The average Bonchev–Trinajstić information content (AvgIpc) is 2.33. The van der Waals surface area contributed by atoms with E-state index < -0.39 is 5.97 Å². The van der Waals surface area contributed by atoms with Crippen LogP contribution < -0.4 is 5.32 Å². The van der Waals surface area contributed by atoms with E-state index in [1.807, 2.05) is 0 Å². The third-order valence-corrected chi connectivity index (χ3v) is 3.30. The first-order chi connectivity index (χ1) is 8.56. The minimum absolute atomic E-state index is 0.0214. The number of carboxylic acids is 1. The van der Waals surface area contributed by atoms with Gasteiger partial charge in [-0.25, -0.2) is 14.8 Å². The Morgan fingerprint density at radius 1 is 1.61 bits per heavy atom. The summed E-state index contributed by atoms with van der Waals surface area (Å²) in [4.78, 5) is 21.2. The summed E-state index contributed by atoms with van der Waals surface area (Å²) in [5.41, 5.74) is 0.0214. The van der Waals surface area contributed by atoms with E-state index in [-0.39, 0.29) is 5.69 Å². The van der Waals surface area contributed by atoms with E-state index in [2.05, 4.69) is 34.2 Å². The van der Waals surface area contributed by atoms with Crippen molar-refractivity contribution >= 4 is 11.9 Å². The first-order valence-electron chi connectivity index (χ1n) is 6.07. The van der Waals surface area contributed by atoms with Gasteiger partial charge in [0.05, 0.1) is 0 Å². The highest BCUT2D eigenvalue weighted by molar-refractivity contribution is 5.85. The van der Waals surface area contributed by atoms with Crippen LogP contribution in [0.1, 0.15) is 23.8 Å². The molecule has 1 aromatic rings. The summed E-state index contributed by atoms with van der Waals surface area (Å²) in [7, 11) is 2.11. The van der Waals surface area contributed by atoms with E-state index in [0.717, 1.165) is 19.5 Å². The average molecular weight is 250 g/mol. The van der Waals surface area contributed by atoms with Crippen LogP contribution in [0.5, 0.6) is 0 Å². The standard InChI is InChI=1S/C12H18N4O2/c1-8-7-16(2)6-4-9(8)14-12-13-5-3-10(15-12)11(17)18/h3,5,8-9H,4,6-7H2,1-2H3,(H,17,18)(H,13,14,15). The van der Waals surface area contributed by atoms with Gasteiger partial charge in [-0.05, 0) is 32.0 Å². The van der Waals surface area contributed by atoms with Gasteiger partial charge in [0.15, 0.2) is 5.69 Å². The smallest absolute Gasteiger partial charge is 0.354 e. The number of carbonyl (C=O) groups is 1. The quantitative estimate of drug-likeness (QED) is 0.830. The molecule has 2 rings (SSSR count). The fourth-order valence-corrected chi connectivity index (χ4v) is 2.28. The topological polar surface area (TPSA) is 78.4 Å². The fourth-order valence-electron chi connectivity index (χ4n) is 2.28. The van der Waals surface area contributed by atoms with Crippen molar-refractivity contribution in [3.8, 4) is 0 Å². The van der Waals surface area contributed by atoms with Gasteiger partial charge in [-0.2, -0.15) is 0 Å². The minimum atomic E-state index is -1.03. The van der Waals surface area contributed by atoms with Gasteiger partial charge in [0.2, 0.25) is 5.95 Å². The summed E-state index contributed by atoms with van der Waals surface area (Å²) < 4.78 is 0. The monoisotopic (exact) mass is 250 g/mol. The molecule has 0 spiro atoms. The molecule has 0 aliphatic carbocycles. The first-order valence-corrected chi connectivity index (χ1v) is 6.07. The van der Waals surface area contributed by atoms with Gasteiger partial charge in [-0.1, -0.05) is 6.92 Å². The van der Waals surface area contributed by atoms with E-state index in [1.54, 1.807) is 0 Å². The maximum absolute atomic E-state index is 10.8. The molecule has 18 heavy (non-hydrogen) atoms. The second-order valence-electron chi connectivity index (χ2n) is 4.85. The van der Waals surface area contributed by atoms with Crippen molar-refractivity contribution in [2.45, 2.75) is 19.4 Å². The Kier molecular flexibility index (Phi) is 3.76. The van der Waals surface area contributed by atoms with Crippen LogP contribution in [-0.4, -0.2) is 52.1 Å². The Balaban J connectivity index is 2.05. The Morgan fingerprint density at radius 2 is 2.39 bits per heavy atom. The zero-order chi connectivity index (χ0) is 13.1. The summed E-state index contributed by atoms with van der Waals surface area (Å²) >= 11 is 0. The molecule has 0 bridgehead atoms. The maximum Gasteiger partial charge on any atom is 0.354 e. The number of hydrogen-bond acceptors (Lipinski definition) is 5. The molecule has 2 atom stereocenters. The highest BCUT2D eigenvalue weighted by atomic mass is 16.4. The van der Waals surface area contributed by atoms with Crippen molar-refractivity contribution in [2.75, 3.05) is 25.5 Å². The summed E-state index contributed by atoms with van der Waals surface area (Å²) in [6.45, 7) is 4.23. The Labute approximate surface area is 106 Å². The molecule has 0 aromatic carbocycles. The Hall–Kier alpha value is -1.69. The summed E-state index contributed by atoms with van der Waals surface area (Å²) in [6.07, 6.45) is 2.48. The Morgan fingerprint density at radius 3 is 3.06 bits per heavy atom. The van der Waals surface area contributed by atoms with Crippen LogP contribution in [0.3, 0.4) is 0 Å². The number of nitrogens with one attached hydrogen (secondary N) is 1. The SMILES string of the molecule is CC1CN(C)CCC1Nc1nccc(C(=O)O)n1. The van der Waals surface area contributed by atoms with Gasteiger partial charge in [0.25, 0.3) is 0 Å². The molecule has 98 valence electrons. The number of aromatic carboxylic acids is 1. The molecule has 1 saturated heterocycles. The third kappa shape index (κ3) is 2.95. The Bertz CT molecular complexity index is 438. The van der Waals surface area contributed by atoms with Crippen LogP contribution in [0.15, 0.2) is 12.3 Å². The maximum atomic E-state index is 10.8. The number of anilines is 1. The molecule has 2 unspecified atom stereocenters. The third-order valence-electron chi connectivity index (χ3n) is 3.30. The second kappa shape index (κ2) is 5.30. The molecule has 2 N–H and O–H groups in total. The van der Waals surface area contributed by atoms with Crippen molar-refractivity contribution in [2.24, 2.45) is 5.92 Å². The van der Waals surface area contributed by atoms with E-state index >= 15 is 0 Å². The highest BCUT2D eigenvalue weighted by Crippen LogP contribution is 2.18. The number of hydrogen-bond donors (Lipinski definition) is 2. The molecule has 6 nitrogen and oxygen atoms in total. The van der Waals surface area contributed by atoms with Crippen LogP contribution in [0.4, 0.5) is 5.95 Å². The number of aromatic nitrogens is 2. The zero-order valence-electron chi connectivity index (χ0n) is 10.6. The summed E-state index contributed by atoms with van der Waals surface area (Å²) in [6, 6.07) is 1.69. The molecule has 1 aliphatic rings. The minimum Gasteiger partial charge on any atom is -0.477 e. The predicted octanol–water partition coefficient (Wildman–Crippen LogP) is 0.927. The number of nitrogens with zero attached hydrogens (tertiary/aromatic N) is 3. The molecule has 2 heterocycles. The number of carboxylic acid groups (broad SMARTS) is 1. The van der Waals surface area contributed by atoms with Gasteiger partial charge in [0, 0.05) is 18.8 Å². The lowest BCUT2D eigenvalue weighted by Gasteiger charge is -2.35. The predicted molar refractivity (Wildman–Crippen MR) is 67.7 cm³/mol. The molecular formula is C12H18N4O2. The number of likely N-dealkylation sites (tertiary alicyclic amines) is 1. The molecule has 0 saturated carbocycles. The normalized spacial score (nSPS) is 24.8. The molecule has 1 fully saturated rings. The van der Waals surface area contributed by atoms with Crippen LogP contribution in [-0.2, 0) is 0 Å². The van der Waals surface area contributed by atoms with Gasteiger partial charge in [-0.3, -0.25) is 0 Å². The van der Waals surface area contributed by atoms with E-state index in [4.69, 9.17) is 5.11 Å². The molecule has 1 aromatic heterocycles. The van der Waals surface area contributed by atoms with Crippen LogP contribution >= 0.6 is 0 Å². The van der Waals surface area contributed by atoms with E-state index in [1.165, 1.54) is 12.3 Å². The van der Waals surface area contributed by atoms with Crippen molar-refractivity contribution in [3.63, 3.8) is 0 Å². The number of piperidine rings is 1. The van der Waals surface area contributed by atoms with Crippen LogP contribution in [0.25, 0.3) is 0 Å². The first kappa shape index (κ1) is 12.8. The zero-order valence-corrected chi connectivity index (χ0v) is 10.6. The lowest BCUT2D eigenvalue weighted by atomic mass is 9.94. The van der Waals surface area contributed by atoms with Crippen molar-refractivity contribution in [3.05, 3.63) is 18.0 Å². The van der Waals surface area contributed by atoms with Crippen molar-refractivity contribution in [1.82, 2.24) is 14.9 Å². The molecule has 1 aliphatic heterocycles. The summed E-state index contributed by atoms with van der Waals surface area (Å²) in [5.74, 6) is -0.144.